The van der Waals surface area contributed by atoms with Crippen LogP contribution in [0.5, 0.6) is 11.5 Å². The lowest BCUT2D eigenvalue weighted by Gasteiger charge is -2.32. The summed E-state index contributed by atoms with van der Waals surface area (Å²) in [5.41, 5.74) is 1.79. The third-order valence-electron chi connectivity index (χ3n) is 5.73. The Morgan fingerprint density at radius 3 is 2.58 bits per heavy atom. The molecule has 1 unspecified atom stereocenters. The first kappa shape index (κ1) is 21.7. The molecule has 4 rings (SSSR count). The number of anilines is 1. The van der Waals surface area contributed by atoms with Crippen LogP contribution in [0, 0.1) is 6.92 Å². The highest BCUT2D eigenvalue weighted by molar-refractivity contribution is 7.99. The second kappa shape index (κ2) is 10.2. The maximum atomic E-state index is 13.0. The number of carbonyl (C=O) groups excluding carboxylic acids is 2. The quantitative estimate of drug-likeness (QED) is 0.743. The topological polar surface area (TPSA) is 61.9 Å². The number of ether oxygens (including phenoxy) is 1. The van der Waals surface area contributed by atoms with Crippen LogP contribution in [0.25, 0.3) is 0 Å². The van der Waals surface area contributed by atoms with E-state index in [1.165, 1.54) is 0 Å². The summed E-state index contributed by atoms with van der Waals surface area (Å²) in [5.74, 6) is 3.35. The van der Waals surface area contributed by atoms with Gasteiger partial charge in [0.25, 0.3) is 0 Å². The van der Waals surface area contributed by atoms with Crippen molar-refractivity contribution < 1.29 is 14.3 Å². The molecule has 0 aliphatic carbocycles. The molecule has 6 nitrogen and oxygen atoms in total. The van der Waals surface area contributed by atoms with E-state index >= 15 is 0 Å². The van der Waals surface area contributed by atoms with Crippen molar-refractivity contribution in [2.24, 2.45) is 0 Å². The molecule has 2 aliphatic rings. The van der Waals surface area contributed by atoms with Gasteiger partial charge < -0.3 is 15.0 Å². The number of amides is 2. The van der Waals surface area contributed by atoms with Crippen LogP contribution in [0.3, 0.4) is 0 Å². The molecule has 0 bridgehead atoms. The number of thioether (sulfide) groups is 1. The van der Waals surface area contributed by atoms with E-state index in [4.69, 9.17) is 4.74 Å². The third kappa shape index (κ3) is 5.60. The van der Waals surface area contributed by atoms with Gasteiger partial charge >= 0.3 is 0 Å². The Bertz CT molecular complexity index is 913. The molecule has 2 amide bonds. The summed E-state index contributed by atoms with van der Waals surface area (Å²) in [7, 11) is 0. The highest BCUT2D eigenvalue weighted by Gasteiger charge is 2.35. The zero-order valence-corrected chi connectivity index (χ0v) is 18.7. The first-order chi connectivity index (χ1) is 15.1. The van der Waals surface area contributed by atoms with Crippen molar-refractivity contribution in [2.75, 3.05) is 43.0 Å². The average molecular weight is 440 g/mol. The standard InChI is InChI=1S/C24H29N3O3S/c1-18-8-10-19(11-9-18)30-22-7-3-2-5-20(22)25-23(28)17-27-12-4-6-21(27)24(29)26-13-15-31-16-14-26/h2-3,5,7-11,21H,4,6,12-17H2,1H3,(H,25,28). The molecule has 0 radical (unpaired) electrons. The van der Waals surface area contributed by atoms with Crippen molar-refractivity contribution in [3.8, 4) is 11.5 Å². The van der Waals surface area contributed by atoms with E-state index in [-0.39, 0.29) is 24.4 Å². The van der Waals surface area contributed by atoms with Crippen LogP contribution in [-0.4, -0.2) is 65.3 Å². The van der Waals surface area contributed by atoms with Gasteiger partial charge in [-0.3, -0.25) is 14.5 Å². The molecule has 7 heteroatoms. The maximum Gasteiger partial charge on any atom is 0.239 e. The molecule has 1 atom stereocenters. The predicted octanol–water partition coefficient (Wildman–Crippen LogP) is 3.77. The number of carbonyl (C=O) groups is 2. The van der Waals surface area contributed by atoms with Crippen LogP contribution in [0.1, 0.15) is 18.4 Å². The molecule has 2 saturated heterocycles. The highest BCUT2D eigenvalue weighted by atomic mass is 32.2. The first-order valence-electron chi connectivity index (χ1n) is 10.8. The smallest absolute Gasteiger partial charge is 0.239 e. The molecule has 2 fully saturated rings. The van der Waals surface area contributed by atoms with Crippen LogP contribution in [0.15, 0.2) is 48.5 Å². The number of rotatable bonds is 6. The second-order valence-electron chi connectivity index (χ2n) is 8.03. The van der Waals surface area contributed by atoms with Crippen molar-refractivity contribution in [3.05, 3.63) is 54.1 Å². The number of para-hydroxylation sites is 2. The summed E-state index contributed by atoms with van der Waals surface area (Å²) in [5, 5.41) is 2.97. The lowest BCUT2D eigenvalue weighted by molar-refractivity contribution is -0.136. The number of nitrogens with zero attached hydrogens (tertiary/aromatic N) is 2. The molecule has 164 valence electrons. The highest BCUT2D eigenvalue weighted by Crippen LogP contribution is 2.29. The molecule has 2 heterocycles. The van der Waals surface area contributed by atoms with Gasteiger partial charge in [-0.25, -0.2) is 0 Å². The molecule has 1 N–H and O–H groups in total. The van der Waals surface area contributed by atoms with Crippen LogP contribution < -0.4 is 10.1 Å². The molecular weight excluding hydrogens is 410 g/mol. The lowest BCUT2D eigenvalue weighted by Crippen LogP contribution is -2.49. The summed E-state index contributed by atoms with van der Waals surface area (Å²) in [4.78, 5) is 29.8. The van der Waals surface area contributed by atoms with E-state index in [0.717, 1.165) is 55.3 Å². The van der Waals surface area contributed by atoms with E-state index in [0.29, 0.717) is 11.4 Å². The molecule has 0 saturated carbocycles. The minimum Gasteiger partial charge on any atom is -0.455 e. The van der Waals surface area contributed by atoms with E-state index in [1.807, 2.05) is 77.0 Å². The van der Waals surface area contributed by atoms with Gasteiger partial charge in [-0.15, -0.1) is 0 Å². The zero-order valence-electron chi connectivity index (χ0n) is 17.9. The van der Waals surface area contributed by atoms with Gasteiger partial charge in [0.2, 0.25) is 11.8 Å². The molecule has 2 aromatic carbocycles. The van der Waals surface area contributed by atoms with Gasteiger partial charge in [0.1, 0.15) is 5.75 Å². The third-order valence-corrected chi connectivity index (χ3v) is 6.67. The predicted molar refractivity (Wildman–Crippen MR) is 125 cm³/mol. The maximum absolute atomic E-state index is 13.0. The molecule has 2 aromatic rings. The number of benzene rings is 2. The Hall–Kier alpha value is -2.51. The minimum atomic E-state index is -0.187. The minimum absolute atomic E-state index is 0.131. The lowest BCUT2D eigenvalue weighted by atomic mass is 10.2. The molecule has 0 aromatic heterocycles. The van der Waals surface area contributed by atoms with Gasteiger partial charge in [0.05, 0.1) is 18.3 Å². The number of hydrogen-bond acceptors (Lipinski definition) is 5. The van der Waals surface area contributed by atoms with E-state index in [1.54, 1.807) is 0 Å². The summed E-state index contributed by atoms with van der Waals surface area (Å²) in [6.45, 7) is 4.62. The van der Waals surface area contributed by atoms with Crippen molar-refractivity contribution in [1.82, 2.24) is 9.80 Å². The monoisotopic (exact) mass is 439 g/mol. The summed E-state index contributed by atoms with van der Waals surface area (Å²) in [6, 6.07) is 15.0. The summed E-state index contributed by atoms with van der Waals surface area (Å²) < 4.78 is 5.98. The van der Waals surface area contributed by atoms with Gasteiger partial charge in [0.15, 0.2) is 5.75 Å². The zero-order chi connectivity index (χ0) is 21.6. The Morgan fingerprint density at radius 1 is 1.06 bits per heavy atom. The Morgan fingerprint density at radius 2 is 1.81 bits per heavy atom. The molecule has 0 spiro atoms. The number of aryl methyl sites for hydroxylation is 1. The van der Waals surface area contributed by atoms with Crippen molar-refractivity contribution in [1.29, 1.82) is 0 Å². The van der Waals surface area contributed by atoms with Crippen molar-refractivity contribution in [2.45, 2.75) is 25.8 Å². The van der Waals surface area contributed by atoms with Gasteiger partial charge in [-0.05, 0) is 50.6 Å². The first-order valence-corrected chi connectivity index (χ1v) is 12.0. The fraction of sp³-hybridized carbons (Fsp3) is 0.417. The molecular formula is C24H29N3O3S. The summed E-state index contributed by atoms with van der Waals surface area (Å²) >= 11 is 1.89. The number of likely N-dealkylation sites (tertiary alicyclic amines) is 1. The van der Waals surface area contributed by atoms with Crippen LogP contribution in [-0.2, 0) is 9.59 Å². The van der Waals surface area contributed by atoms with Crippen LogP contribution in [0.2, 0.25) is 0 Å². The van der Waals surface area contributed by atoms with Crippen LogP contribution >= 0.6 is 11.8 Å². The number of hydrogen-bond donors (Lipinski definition) is 1. The molecule has 31 heavy (non-hydrogen) atoms. The number of nitrogens with one attached hydrogen (secondary N) is 1. The Labute approximate surface area is 187 Å². The SMILES string of the molecule is Cc1ccc(Oc2ccccc2NC(=O)CN2CCCC2C(=O)N2CCSCC2)cc1. The normalized spacial score (nSPS) is 19.3. The largest absolute Gasteiger partial charge is 0.455 e. The van der Waals surface area contributed by atoms with Crippen molar-refractivity contribution >= 4 is 29.3 Å². The summed E-state index contributed by atoms with van der Waals surface area (Å²) in [6.07, 6.45) is 1.77. The van der Waals surface area contributed by atoms with E-state index in [9.17, 15) is 9.59 Å². The van der Waals surface area contributed by atoms with Gasteiger partial charge in [0, 0.05) is 24.6 Å². The van der Waals surface area contributed by atoms with Gasteiger partial charge in [-0.2, -0.15) is 11.8 Å². The van der Waals surface area contributed by atoms with Crippen molar-refractivity contribution in [3.63, 3.8) is 0 Å². The fourth-order valence-corrected chi connectivity index (χ4v) is 4.96. The van der Waals surface area contributed by atoms with Crippen LogP contribution in [0.4, 0.5) is 5.69 Å². The van der Waals surface area contributed by atoms with E-state index in [2.05, 4.69) is 5.32 Å². The Kier molecular flexibility index (Phi) is 7.14. The molecule has 2 aliphatic heterocycles. The van der Waals surface area contributed by atoms with E-state index < -0.39 is 0 Å². The fourth-order valence-electron chi connectivity index (χ4n) is 4.06. The average Bonchev–Trinajstić information content (AvgIpc) is 3.24. The van der Waals surface area contributed by atoms with Gasteiger partial charge in [-0.1, -0.05) is 29.8 Å². The second-order valence-corrected chi connectivity index (χ2v) is 9.25. The Balaban J connectivity index is 1.38.